The minimum atomic E-state index is -1.65. The van der Waals surface area contributed by atoms with Gasteiger partial charge in [-0.1, -0.05) is 55.4 Å². The number of hydrogen-bond donors (Lipinski definition) is 4. The average Bonchev–Trinajstić information content (AvgIpc) is 2.65. The summed E-state index contributed by atoms with van der Waals surface area (Å²) in [6.07, 6.45) is 0. The molecule has 0 heterocycles. The van der Waals surface area contributed by atoms with Crippen LogP contribution in [0.1, 0.15) is 62.3 Å². The van der Waals surface area contributed by atoms with Crippen molar-refractivity contribution in [1.29, 1.82) is 0 Å². The summed E-state index contributed by atoms with van der Waals surface area (Å²) in [5.41, 5.74) is -1.65. The molecule has 0 spiro atoms. The molecule has 3 amide bonds. The van der Waals surface area contributed by atoms with E-state index in [0.717, 1.165) is 0 Å². The molecule has 0 rings (SSSR count). The topological polar surface area (TPSA) is 134 Å². The van der Waals surface area contributed by atoms with Crippen LogP contribution in [0.5, 0.6) is 0 Å². The van der Waals surface area contributed by atoms with E-state index in [1.165, 1.54) is 14.0 Å². The first-order chi connectivity index (χ1) is 14.1. The van der Waals surface area contributed by atoms with E-state index in [-0.39, 0.29) is 23.7 Å². The van der Waals surface area contributed by atoms with Gasteiger partial charge in [-0.15, -0.1) is 0 Å². The van der Waals surface area contributed by atoms with E-state index in [0.29, 0.717) is 0 Å². The highest BCUT2D eigenvalue weighted by molar-refractivity contribution is 5.95. The summed E-state index contributed by atoms with van der Waals surface area (Å²) in [5, 5.41) is 18.3. The Balaban J connectivity index is 5.53. The van der Waals surface area contributed by atoms with Crippen LogP contribution in [0.25, 0.3) is 0 Å². The number of rotatable bonds is 11. The molecule has 9 nitrogen and oxygen atoms in total. The first-order valence-corrected chi connectivity index (χ1v) is 10.8. The standard InChI is InChI=1S/C22H41N3O6/c1-11(2)15(18(26)24-17(13(5)6)20(28)31-10)23-19(27)16(12(3)4)25-21(29)22(9,30)14(7)8/h11-17,30H,1-10H3,(H,23,27)(H,24,26)(H,25,29)/t15-,16-,17-,22-/m0/s1. The summed E-state index contributed by atoms with van der Waals surface area (Å²) in [6.45, 7) is 15.4. The third-order valence-electron chi connectivity index (χ3n) is 5.49. The van der Waals surface area contributed by atoms with Crippen molar-refractivity contribution in [3.05, 3.63) is 0 Å². The van der Waals surface area contributed by atoms with E-state index in [1.807, 2.05) is 0 Å². The number of nitrogens with one attached hydrogen (secondary N) is 3. The minimum absolute atomic E-state index is 0.208. The van der Waals surface area contributed by atoms with Crippen molar-refractivity contribution in [1.82, 2.24) is 16.0 Å². The molecule has 0 aliphatic heterocycles. The van der Waals surface area contributed by atoms with Crippen LogP contribution < -0.4 is 16.0 Å². The molecule has 0 unspecified atom stereocenters. The van der Waals surface area contributed by atoms with Crippen molar-refractivity contribution < 1.29 is 29.0 Å². The Morgan fingerprint density at radius 3 is 1.39 bits per heavy atom. The van der Waals surface area contributed by atoms with Crippen molar-refractivity contribution in [2.75, 3.05) is 7.11 Å². The average molecular weight is 444 g/mol. The van der Waals surface area contributed by atoms with Gasteiger partial charge in [0.2, 0.25) is 11.8 Å². The van der Waals surface area contributed by atoms with Gasteiger partial charge < -0.3 is 25.8 Å². The molecule has 0 fully saturated rings. The van der Waals surface area contributed by atoms with Gasteiger partial charge in [0.25, 0.3) is 5.91 Å². The van der Waals surface area contributed by atoms with E-state index >= 15 is 0 Å². The first-order valence-electron chi connectivity index (χ1n) is 10.8. The number of carbonyl (C=O) groups excluding carboxylic acids is 4. The van der Waals surface area contributed by atoms with Gasteiger partial charge in [0.15, 0.2) is 0 Å². The van der Waals surface area contributed by atoms with Gasteiger partial charge in [-0.25, -0.2) is 4.79 Å². The molecule has 180 valence electrons. The number of amides is 3. The van der Waals surface area contributed by atoms with Crippen LogP contribution >= 0.6 is 0 Å². The van der Waals surface area contributed by atoms with Crippen LogP contribution in [-0.4, -0.2) is 59.6 Å². The first kappa shape index (κ1) is 28.8. The fourth-order valence-corrected chi connectivity index (χ4v) is 2.73. The fraction of sp³-hybridized carbons (Fsp3) is 0.818. The summed E-state index contributed by atoms with van der Waals surface area (Å²) in [7, 11) is 1.24. The lowest BCUT2D eigenvalue weighted by molar-refractivity contribution is -0.147. The van der Waals surface area contributed by atoms with Gasteiger partial charge in [-0.2, -0.15) is 0 Å². The van der Waals surface area contributed by atoms with Gasteiger partial charge >= 0.3 is 5.97 Å². The van der Waals surface area contributed by atoms with Crippen LogP contribution in [0.2, 0.25) is 0 Å². The number of ether oxygens (including phenoxy) is 1. The van der Waals surface area contributed by atoms with E-state index in [2.05, 4.69) is 16.0 Å². The van der Waals surface area contributed by atoms with E-state index in [9.17, 15) is 24.3 Å². The summed E-state index contributed by atoms with van der Waals surface area (Å²) in [4.78, 5) is 50.3. The molecule has 0 aromatic carbocycles. The summed E-state index contributed by atoms with van der Waals surface area (Å²) in [6, 6.07) is -2.73. The molecule has 0 aromatic heterocycles. The Bertz CT molecular complexity index is 643. The maximum atomic E-state index is 13.0. The van der Waals surface area contributed by atoms with Crippen molar-refractivity contribution in [2.45, 2.75) is 86.0 Å². The Morgan fingerprint density at radius 2 is 1.06 bits per heavy atom. The summed E-state index contributed by atoms with van der Waals surface area (Å²) < 4.78 is 4.75. The molecule has 0 bridgehead atoms. The molecule has 0 saturated carbocycles. The van der Waals surface area contributed by atoms with Crippen molar-refractivity contribution in [2.24, 2.45) is 23.7 Å². The summed E-state index contributed by atoms with van der Waals surface area (Å²) >= 11 is 0. The molecule has 0 aliphatic carbocycles. The lowest BCUT2D eigenvalue weighted by Crippen LogP contribution is -2.61. The third kappa shape index (κ3) is 8.12. The van der Waals surface area contributed by atoms with Crippen LogP contribution in [0.4, 0.5) is 0 Å². The van der Waals surface area contributed by atoms with Crippen molar-refractivity contribution >= 4 is 23.7 Å². The monoisotopic (exact) mass is 443 g/mol. The normalized spacial score (nSPS) is 16.5. The molecule has 0 aliphatic rings. The highest BCUT2D eigenvalue weighted by Crippen LogP contribution is 2.17. The van der Waals surface area contributed by atoms with Gasteiger partial charge in [0, 0.05) is 0 Å². The van der Waals surface area contributed by atoms with Gasteiger partial charge in [-0.3, -0.25) is 14.4 Å². The largest absolute Gasteiger partial charge is 0.467 e. The molecule has 4 atom stereocenters. The molecule has 9 heteroatoms. The highest BCUT2D eigenvalue weighted by atomic mass is 16.5. The minimum Gasteiger partial charge on any atom is -0.467 e. The van der Waals surface area contributed by atoms with Gasteiger partial charge in [-0.05, 0) is 30.6 Å². The zero-order chi connectivity index (χ0) is 24.7. The highest BCUT2D eigenvalue weighted by Gasteiger charge is 2.38. The predicted molar refractivity (Wildman–Crippen MR) is 118 cm³/mol. The van der Waals surface area contributed by atoms with E-state index < -0.39 is 47.4 Å². The number of methoxy groups -OCH3 is 1. The second-order valence-electron chi connectivity index (χ2n) is 9.48. The Labute approximate surface area is 186 Å². The number of aliphatic hydroxyl groups is 1. The Kier molecular flexibility index (Phi) is 11.2. The zero-order valence-electron chi connectivity index (χ0n) is 20.5. The van der Waals surface area contributed by atoms with Crippen LogP contribution in [0.3, 0.4) is 0 Å². The number of hydrogen-bond acceptors (Lipinski definition) is 6. The molecule has 0 radical (unpaired) electrons. The zero-order valence-corrected chi connectivity index (χ0v) is 20.5. The fourth-order valence-electron chi connectivity index (χ4n) is 2.73. The molecule has 0 aromatic rings. The van der Waals surface area contributed by atoms with Crippen molar-refractivity contribution in [3.8, 4) is 0 Å². The smallest absolute Gasteiger partial charge is 0.328 e. The number of carbonyl (C=O) groups is 4. The molecule has 4 N–H and O–H groups in total. The second kappa shape index (κ2) is 12.0. The SMILES string of the molecule is COC(=O)[C@@H](NC(=O)[C@@H](NC(=O)[C@@H](NC(=O)[C@@](C)(O)C(C)C)C(C)C)C(C)C)C(C)C. The van der Waals surface area contributed by atoms with E-state index in [4.69, 9.17) is 4.74 Å². The maximum Gasteiger partial charge on any atom is 0.328 e. The molecule has 0 saturated heterocycles. The maximum absolute atomic E-state index is 13.0. The molecular formula is C22H41N3O6. The quantitative estimate of drug-likeness (QED) is 0.352. The van der Waals surface area contributed by atoms with Crippen LogP contribution in [0.15, 0.2) is 0 Å². The van der Waals surface area contributed by atoms with Crippen molar-refractivity contribution in [3.63, 3.8) is 0 Å². The molecule has 31 heavy (non-hydrogen) atoms. The van der Waals surface area contributed by atoms with Crippen LogP contribution in [0, 0.1) is 23.7 Å². The lowest BCUT2D eigenvalue weighted by atomic mass is 9.90. The van der Waals surface area contributed by atoms with Gasteiger partial charge in [0.05, 0.1) is 7.11 Å². The molecular weight excluding hydrogens is 402 g/mol. The number of esters is 1. The second-order valence-corrected chi connectivity index (χ2v) is 9.48. The predicted octanol–water partition coefficient (Wildman–Crippen LogP) is 0.989. The van der Waals surface area contributed by atoms with Gasteiger partial charge in [0.1, 0.15) is 23.7 Å². The lowest BCUT2D eigenvalue weighted by Gasteiger charge is -2.32. The summed E-state index contributed by atoms with van der Waals surface area (Å²) in [5.74, 6) is -3.43. The Morgan fingerprint density at radius 1 is 0.710 bits per heavy atom. The van der Waals surface area contributed by atoms with Crippen LogP contribution in [-0.2, 0) is 23.9 Å². The van der Waals surface area contributed by atoms with E-state index in [1.54, 1.807) is 55.4 Å². The third-order valence-corrected chi connectivity index (χ3v) is 5.49. The Hall–Kier alpha value is -2.16.